The minimum absolute atomic E-state index is 0.00543. The average molecular weight is 520 g/mol. The Morgan fingerprint density at radius 3 is 2.71 bits per heavy atom. The van der Waals surface area contributed by atoms with E-state index in [-0.39, 0.29) is 23.6 Å². The summed E-state index contributed by atoms with van der Waals surface area (Å²) in [6.45, 7) is 4.15. The van der Waals surface area contributed by atoms with Crippen LogP contribution in [0.3, 0.4) is 0 Å². The van der Waals surface area contributed by atoms with Gasteiger partial charge in [-0.2, -0.15) is 9.78 Å². The molecule has 172 valence electrons. The third kappa shape index (κ3) is 5.23. The van der Waals surface area contributed by atoms with Crippen molar-refractivity contribution in [2.24, 2.45) is 5.10 Å². The Bertz CT molecular complexity index is 1460. The zero-order valence-corrected chi connectivity index (χ0v) is 20.2. The van der Waals surface area contributed by atoms with Crippen LogP contribution in [-0.4, -0.2) is 27.0 Å². The number of aromatic nitrogens is 2. The van der Waals surface area contributed by atoms with Gasteiger partial charge in [0.05, 0.1) is 22.7 Å². The number of rotatable bonds is 7. The largest absolute Gasteiger partial charge is 0.489 e. The van der Waals surface area contributed by atoms with E-state index in [0.29, 0.717) is 22.5 Å². The predicted molar refractivity (Wildman–Crippen MR) is 135 cm³/mol. The molecule has 0 atom stereocenters. The van der Waals surface area contributed by atoms with Gasteiger partial charge in [-0.05, 0) is 53.6 Å². The second kappa shape index (κ2) is 10.0. The van der Waals surface area contributed by atoms with Gasteiger partial charge in [-0.25, -0.2) is 9.78 Å². The lowest BCUT2D eigenvalue weighted by Crippen LogP contribution is -2.23. The highest BCUT2D eigenvalue weighted by atomic mass is 79.9. The van der Waals surface area contributed by atoms with Crippen LogP contribution >= 0.6 is 15.9 Å². The number of carbonyl (C=O) groups is 1. The summed E-state index contributed by atoms with van der Waals surface area (Å²) in [5, 5.41) is 14.1. The molecule has 34 heavy (non-hydrogen) atoms. The molecule has 8 heteroatoms. The number of hydrogen-bond acceptors (Lipinski definition) is 5. The highest BCUT2D eigenvalue weighted by Crippen LogP contribution is 2.19. The van der Waals surface area contributed by atoms with E-state index in [2.05, 4.69) is 26.0 Å². The summed E-state index contributed by atoms with van der Waals surface area (Å²) in [7, 11) is 0. The number of carboxylic acids is 1. The summed E-state index contributed by atoms with van der Waals surface area (Å²) in [5.41, 5.74) is 2.10. The van der Waals surface area contributed by atoms with Crippen molar-refractivity contribution in [2.75, 3.05) is 0 Å². The molecule has 3 aromatic carbocycles. The van der Waals surface area contributed by atoms with Crippen molar-refractivity contribution in [2.45, 2.75) is 26.4 Å². The summed E-state index contributed by atoms with van der Waals surface area (Å²) in [4.78, 5) is 29.0. The molecule has 0 aliphatic rings. The lowest BCUT2D eigenvalue weighted by Gasteiger charge is -2.12. The number of aromatic carboxylic acids is 1. The Morgan fingerprint density at radius 2 is 1.94 bits per heavy atom. The van der Waals surface area contributed by atoms with Gasteiger partial charge in [0, 0.05) is 10.4 Å². The smallest absolute Gasteiger partial charge is 0.335 e. The van der Waals surface area contributed by atoms with Gasteiger partial charge in [0.25, 0.3) is 5.56 Å². The molecule has 0 spiro atoms. The van der Waals surface area contributed by atoms with Gasteiger partial charge < -0.3 is 9.84 Å². The molecule has 0 amide bonds. The summed E-state index contributed by atoms with van der Waals surface area (Å²) in [6, 6.07) is 19.3. The van der Waals surface area contributed by atoms with Crippen LogP contribution in [0.5, 0.6) is 5.75 Å². The van der Waals surface area contributed by atoms with E-state index < -0.39 is 5.97 Å². The summed E-state index contributed by atoms with van der Waals surface area (Å²) < 4.78 is 7.97. The van der Waals surface area contributed by atoms with Gasteiger partial charge >= 0.3 is 5.97 Å². The molecule has 1 heterocycles. The van der Waals surface area contributed by atoms with Crippen LogP contribution in [0.4, 0.5) is 0 Å². The Hall–Kier alpha value is -3.78. The topological polar surface area (TPSA) is 93.8 Å². The van der Waals surface area contributed by atoms with Crippen LogP contribution in [0.2, 0.25) is 0 Å². The molecule has 0 aliphatic heterocycles. The Kier molecular flexibility index (Phi) is 6.88. The number of benzene rings is 3. The lowest BCUT2D eigenvalue weighted by molar-refractivity contribution is 0.0696. The number of fused-ring (bicyclic) bond motifs is 1. The summed E-state index contributed by atoms with van der Waals surface area (Å²) in [6.07, 6.45) is 1.59. The normalized spacial score (nSPS) is 11.4. The fourth-order valence-electron chi connectivity index (χ4n) is 3.42. The maximum atomic E-state index is 13.2. The van der Waals surface area contributed by atoms with Crippen molar-refractivity contribution in [1.29, 1.82) is 0 Å². The third-order valence-corrected chi connectivity index (χ3v) is 5.60. The molecule has 1 N–H and O–H groups in total. The standard InChI is InChI=1S/C26H22BrN3O4/c1-16(2)24-29-23-10-9-20(27)13-22(23)25(31)30(24)28-14-17-5-4-8-21(12-17)34-15-18-6-3-7-19(11-18)26(32)33/h3-14,16H,15H2,1-2H3,(H,32,33). The van der Waals surface area contributed by atoms with Gasteiger partial charge in [0.15, 0.2) is 0 Å². The maximum Gasteiger partial charge on any atom is 0.335 e. The first-order valence-electron chi connectivity index (χ1n) is 10.6. The van der Waals surface area contributed by atoms with Crippen molar-refractivity contribution < 1.29 is 14.6 Å². The Morgan fingerprint density at radius 1 is 1.15 bits per heavy atom. The molecule has 4 rings (SSSR count). The first kappa shape index (κ1) is 23.4. The fraction of sp³-hybridized carbons (Fsp3) is 0.154. The van der Waals surface area contributed by atoms with Crippen molar-refractivity contribution in [3.63, 3.8) is 0 Å². The van der Waals surface area contributed by atoms with Crippen LogP contribution in [0.25, 0.3) is 10.9 Å². The van der Waals surface area contributed by atoms with Crippen molar-refractivity contribution in [3.05, 3.63) is 104 Å². The minimum Gasteiger partial charge on any atom is -0.489 e. The number of nitrogens with zero attached hydrogens (tertiary/aromatic N) is 3. The van der Waals surface area contributed by atoms with Gasteiger partial charge in [-0.3, -0.25) is 4.79 Å². The zero-order valence-electron chi connectivity index (χ0n) is 18.6. The maximum absolute atomic E-state index is 13.2. The second-order valence-corrected chi connectivity index (χ2v) is 8.93. The van der Waals surface area contributed by atoms with E-state index in [4.69, 9.17) is 9.84 Å². The Labute approximate surface area is 204 Å². The van der Waals surface area contributed by atoms with Gasteiger partial charge in [0.1, 0.15) is 18.2 Å². The zero-order chi connectivity index (χ0) is 24.2. The quantitative estimate of drug-likeness (QED) is 0.328. The molecule has 0 bridgehead atoms. The van der Waals surface area contributed by atoms with Crippen molar-refractivity contribution in [3.8, 4) is 5.75 Å². The molecule has 0 saturated heterocycles. The molecule has 0 saturated carbocycles. The summed E-state index contributed by atoms with van der Waals surface area (Å²) in [5.74, 6) is 0.184. The predicted octanol–water partition coefficient (Wildman–Crippen LogP) is 5.44. The van der Waals surface area contributed by atoms with E-state index in [1.54, 1.807) is 36.5 Å². The molecular formula is C26H22BrN3O4. The molecule has 0 fully saturated rings. The van der Waals surface area contributed by atoms with E-state index in [1.807, 2.05) is 44.2 Å². The van der Waals surface area contributed by atoms with Crippen LogP contribution in [0.15, 0.2) is 81.1 Å². The highest BCUT2D eigenvalue weighted by Gasteiger charge is 2.13. The van der Waals surface area contributed by atoms with Gasteiger partial charge in [0.2, 0.25) is 0 Å². The fourth-order valence-corrected chi connectivity index (χ4v) is 3.78. The lowest BCUT2D eigenvalue weighted by atomic mass is 10.1. The van der Waals surface area contributed by atoms with E-state index in [0.717, 1.165) is 15.6 Å². The SMILES string of the molecule is CC(C)c1nc2ccc(Br)cc2c(=O)n1N=Cc1cccc(OCc2cccc(C(=O)O)c2)c1. The molecule has 1 aromatic heterocycles. The van der Waals surface area contributed by atoms with Gasteiger partial charge in [-0.15, -0.1) is 0 Å². The summed E-state index contributed by atoms with van der Waals surface area (Å²) >= 11 is 3.41. The molecule has 7 nitrogen and oxygen atoms in total. The first-order valence-corrected chi connectivity index (χ1v) is 11.4. The monoisotopic (exact) mass is 519 g/mol. The number of carboxylic acid groups (broad SMARTS) is 1. The van der Waals surface area contributed by atoms with E-state index >= 15 is 0 Å². The molecule has 0 aliphatic carbocycles. The van der Waals surface area contributed by atoms with Gasteiger partial charge in [-0.1, -0.05) is 54.0 Å². The number of ether oxygens (including phenoxy) is 1. The van der Waals surface area contributed by atoms with Crippen LogP contribution < -0.4 is 10.3 Å². The Balaban J connectivity index is 1.60. The van der Waals surface area contributed by atoms with Crippen molar-refractivity contribution >= 4 is 39.0 Å². The molecule has 4 aromatic rings. The van der Waals surface area contributed by atoms with Crippen LogP contribution in [0, 0.1) is 0 Å². The first-order chi connectivity index (χ1) is 16.3. The third-order valence-electron chi connectivity index (χ3n) is 5.11. The van der Waals surface area contributed by atoms with Crippen LogP contribution in [-0.2, 0) is 6.61 Å². The van der Waals surface area contributed by atoms with Crippen LogP contribution in [0.1, 0.15) is 47.1 Å². The molecular weight excluding hydrogens is 498 g/mol. The van der Waals surface area contributed by atoms with E-state index in [1.165, 1.54) is 10.7 Å². The number of hydrogen-bond donors (Lipinski definition) is 1. The van der Waals surface area contributed by atoms with Crippen molar-refractivity contribution in [1.82, 2.24) is 9.66 Å². The second-order valence-electron chi connectivity index (χ2n) is 8.01. The molecule has 0 radical (unpaired) electrons. The highest BCUT2D eigenvalue weighted by molar-refractivity contribution is 9.10. The van der Waals surface area contributed by atoms with E-state index in [9.17, 15) is 9.59 Å². The minimum atomic E-state index is -0.980. The molecule has 0 unspecified atom stereocenters. The number of halogens is 1. The average Bonchev–Trinajstić information content (AvgIpc) is 2.82.